The first-order valence-corrected chi connectivity index (χ1v) is 7.35. The maximum Gasteiger partial charge on any atom is 0.0740 e. The van der Waals surface area contributed by atoms with E-state index in [1.165, 1.54) is 25.7 Å². The molecule has 0 saturated heterocycles. The van der Waals surface area contributed by atoms with Gasteiger partial charge in [0, 0.05) is 11.3 Å². The molecule has 0 amide bonds. The number of nitrogens with two attached hydrogens (primary N) is 1. The predicted octanol–water partition coefficient (Wildman–Crippen LogP) is 3.14. The van der Waals surface area contributed by atoms with Gasteiger partial charge in [-0.3, -0.25) is 0 Å². The normalized spacial score (nSPS) is 42.2. The van der Waals surface area contributed by atoms with E-state index in [1.54, 1.807) is 5.57 Å². The monoisotopic (exact) mass is 235 g/mol. The third kappa shape index (κ3) is 2.07. The van der Waals surface area contributed by atoms with Gasteiger partial charge >= 0.3 is 0 Å². The van der Waals surface area contributed by atoms with Crippen molar-refractivity contribution in [2.24, 2.45) is 23.2 Å². The van der Waals surface area contributed by atoms with Crippen molar-refractivity contribution in [3.63, 3.8) is 0 Å². The highest BCUT2D eigenvalue weighted by molar-refractivity contribution is 5.21. The summed E-state index contributed by atoms with van der Waals surface area (Å²) in [5.74, 6) is 2.37. The van der Waals surface area contributed by atoms with Gasteiger partial charge in [-0.15, -0.1) is 0 Å². The molecule has 1 spiro atoms. The fourth-order valence-corrected chi connectivity index (χ4v) is 4.22. The second-order valence-corrected chi connectivity index (χ2v) is 6.70. The van der Waals surface area contributed by atoms with Gasteiger partial charge in [0.25, 0.3) is 0 Å². The zero-order valence-electron chi connectivity index (χ0n) is 12.0. The molecule has 0 aromatic rings. The summed E-state index contributed by atoms with van der Waals surface area (Å²) in [4.78, 5) is 0. The van der Waals surface area contributed by atoms with E-state index in [0.717, 1.165) is 17.8 Å². The second kappa shape index (κ2) is 4.76. The molecule has 98 valence electrons. The SMILES string of the molecule is [CH2-][NH2+]C1C(C)CCC12C=C(C(C)C)CCC2C. The first kappa shape index (κ1) is 13.1. The van der Waals surface area contributed by atoms with E-state index < -0.39 is 0 Å². The highest BCUT2D eigenvalue weighted by Gasteiger charge is 2.51. The van der Waals surface area contributed by atoms with Crippen LogP contribution in [0.4, 0.5) is 0 Å². The van der Waals surface area contributed by atoms with E-state index in [1.807, 2.05) is 0 Å². The summed E-state index contributed by atoms with van der Waals surface area (Å²) in [6, 6.07) is 0.701. The number of rotatable bonds is 2. The molecule has 4 unspecified atom stereocenters. The van der Waals surface area contributed by atoms with Crippen LogP contribution in [0.25, 0.3) is 0 Å². The first-order valence-electron chi connectivity index (χ1n) is 7.35. The lowest BCUT2D eigenvalue weighted by Gasteiger charge is -2.43. The molecule has 4 atom stereocenters. The van der Waals surface area contributed by atoms with Crippen LogP contribution in [0.15, 0.2) is 11.6 Å². The third-order valence-corrected chi connectivity index (χ3v) is 5.50. The van der Waals surface area contributed by atoms with Crippen LogP contribution < -0.4 is 5.32 Å². The molecular weight excluding hydrogens is 206 g/mol. The van der Waals surface area contributed by atoms with Crippen LogP contribution in [0.3, 0.4) is 0 Å². The molecular formula is C16H29N. The van der Waals surface area contributed by atoms with Crippen LogP contribution in [0.5, 0.6) is 0 Å². The van der Waals surface area contributed by atoms with Gasteiger partial charge < -0.3 is 5.32 Å². The van der Waals surface area contributed by atoms with Gasteiger partial charge in [-0.1, -0.05) is 39.3 Å². The van der Waals surface area contributed by atoms with E-state index >= 15 is 0 Å². The molecule has 2 N–H and O–H groups in total. The Balaban J connectivity index is 2.36. The minimum absolute atomic E-state index is 0.443. The molecule has 0 aliphatic heterocycles. The topological polar surface area (TPSA) is 16.6 Å². The predicted molar refractivity (Wildman–Crippen MR) is 73.2 cm³/mol. The molecule has 0 radical (unpaired) electrons. The molecule has 0 heterocycles. The van der Waals surface area contributed by atoms with Crippen LogP contribution in [0.2, 0.25) is 0 Å². The van der Waals surface area contributed by atoms with Crippen molar-refractivity contribution in [2.75, 3.05) is 0 Å². The van der Waals surface area contributed by atoms with E-state index in [4.69, 9.17) is 0 Å². The number of hydrogen-bond acceptors (Lipinski definition) is 0. The molecule has 2 rings (SSSR count). The van der Waals surface area contributed by atoms with Gasteiger partial charge in [-0.25, -0.2) is 0 Å². The van der Waals surface area contributed by atoms with E-state index in [2.05, 4.69) is 46.1 Å². The summed E-state index contributed by atoms with van der Waals surface area (Å²) >= 11 is 0. The minimum atomic E-state index is 0.443. The van der Waals surface area contributed by atoms with E-state index in [9.17, 15) is 0 Å². The molecule has 1 nitrogen and oxygen atoms in total. The summed E-state index contributed by atoms with van der Waals surface area (Å²) in [6.07, 6.45) is 8.12. The fraction of sp³-hybridized carbons (Fsp3) is 0.812. The van der Waals surface area contributed by atoms with Crippen molar-refractivity contribution in [3.05, 3.63) is 18.7 Å². The molecule has 1 saturated carbocycles. The molecule has 1 heteroatoms. The largest absolute Gasteiger partial charge is 0.475 e. The second-order valence-electron chi connectivity index (χ2n) is 6.70. The minimum Gasteiger partial charge on any atom is -0.475 e. The Hall–Kier alpha value is -0.300. The summed E-state index contributed by atoms with van der Waals surface area (Å²) in [5, 5.41) is 2.24. The van der Waals surface area contributed by atoms with Crippen molar-refractivity contribution in [1.82, 2.24) is 0 Å². The highest BCUT2D eigenvalue weighted by atomic mass is 14.9. The van der Waals surface area contributed by atoms with Crippen LogP contribution in [-0.4, -0.2) is 6.04 Å². The number of allylic oxidation sites excluding steroid dienone is 1. The number of hydrogen-bond donors (Lipinski definition) is 1. The average Bonchev–Trinajstić information content (AvgIpc) is 2.60. The van der Waals surface area contributed by atoms with Crippen molar-refractivity contribution < 1.29 is 5.32 Å². The first-order chi connectivity index (χ1) is 8.01. The highest BCUT2D eigenvalue weighted by Crippen LogP contribution is 2.52. The summed E-state index contributed by atoms with van der Waals surface area (Å²) in [7, 11) is 4.12. The van der Waals surface area contributed by atoms with E-state index in [0.29, 0.717) is 11.5 Å². The Bertz CT molecular complexity index is 305. The van der Waals surface area contributed by atoms with Gasteiger partial charge in [0.05, 0.1) is 6.04 Å². The maximum atomic E-state index is 4.12. The molecule has 17 heavy (non-hydrogen) atoms. The van der Waals surface area contributed by atoms with Gasteiger partial charge in [0.15, 0.2) is 0 Å². The Labute approximate surface area is 107 Å². The molecule has 0 aromatic carbocycles. The van der Waals surface area contributed by atoms with Gasteiger partial charge in [0.1, 0.15) is 0 Å². The number of quaternary nitrogens is 1. The standard InChI is InChI=1S/C16H29N/c1-11(2)14-7-6-13(4)16(10-14)9-8-12(3)15(16)17-5/h10-13,15H,5-9,17H2,1-4H3. The smallest absolute Gasteiger partial charge is 0.0740 e. The Morgan fingerprint density at radius 1 is 1.35 bits per heavy atom. The molecule has 1 fully saturated rings. The van der Waals surface area contributed by atoms with Gasteiger partial charge in [-0.05, 0) is 37.5 Å². The van der Waals surface area contributed by atoms with Crippen LogP contribution in [0.1, 0.15) is 53.4 Å². The quantitative estimate of drug-likeness (QED) is 0.559. The lowest BCUT2D eigenvalue weighted by atomic mass is 9.64. The average molecular weight is 235 g/mol. The van der Waals surface area contributed by atoms with Crippen molar-refractivity contribution >= 4 is 0 Å². The maximum absolute atomic E-state index is 4.12. The van der Waals surface area contributed by atoms with Gasteiger partial charge in [0.2, 0.25) is 0 Å². The van der Waals surface area contributed by atoms with Gasteiger partial charge in [-0.2, -0.15) is 7.05 Å². The zero-order chi connectivity index (χ0) is 12.6. The Morgan fingerprint density at radius 2 is 2.06 bits per heavy atom. The zero-order valence-corrected chi connectivity index (χ0v) is 12.0. The van der Waals surface area contributed by atoms with Crippen LogP contribution >= 0.6 is 0 Å². The third-order valence-electron chi connectivity index (χ3n) is 5.50. The van der Waals surface area contributed by atoms with Crippen molar-refractivity contribution in [2.45, 2.75) is 59.4 Å². The van der Waals surface area contributed by atoms with Crippen LogP contribution in [-0.2, 0) is 0 Å². The lowest BCUT2D eigenvalue weighted by Crippen LogP contribution is -2.88. The van der Waals surface area contributed by atoms with Crippen molar-refractivity contribution in [3.8, 4) is 0 Å². The molecule has 2 aliphatic rings. The summed E-state index contributed by atoms with van der Waals surface area (Å²) < 4.78 is 0. The lowest BCUT2D eigenvalue weighted by molar-refractivity contribution is -0.652. The Kier molecular flexibility index (Phi) is 3.68. The fourth-order valence-electron chi connectivity index (χ4n) is 4.22. The Morgan fingerprint density at radius 3 is 2.65 bits per heavy atom. The molecule has 0 aromatic heterocycles. The molecule has 2 aliphatic carbocycles. The summed E-state index contributed by atoms with van der Waals surface area (Å²) in [6.45, 7) is 9.56. The van der Waals surface area contributed by atoms with Crippen molar-refractivity contribution in [1.29, 1.82) is 0 Å². The summed E-state index contributed by atoms with van der Waals surface area (Å²) in [5.41, 5.74) is 2.14. The van der Waals surface area contributed by atoms with Crippen LogP contribution in [0, 0.1) is 30.2 Å². The van der Waals surface area contributed by atoms with E-state index in [-0.39, 0.29) is 0 Å². The molecule has 0 bridgehead atoms.